The summed E-state index contributed by atoms with van der Waals surface area (Å²) < 4.78 is 34.3. The number of halogens is 2. The summed E-state index contributed by atoms with van der Waals surface area (Å²) in [4.78, 5) is 26.7. The molecular formula is C25H23F2NO4S. The van der Waals surface area contributed by atoms with E-state index >= 15 is 0 Å². The fourth-order valence-corrected chi connectivity index (χ4v) is 5.38. The van der Waals surface area contributed by atoms with E-state index in [0.717, 1.165) is 29.7 Å². The zero-order valence-corrected chi connectivity index (χ0v) is 18.8. The Hall–Kier alpha value is -3.26. The molecule has 1 aliphatic carbocycles. The van der Waals surface area contributed by atoms with Gasteiger partial charge in [0, 0.05) is 10.4 Å². The van der Waals surface area contributed by atoms with Crippen LogP contribution in [0.15, 0.2) is 54.6 Å². The van der Waals surface area contributed by atoms with Crippen LogP contribution in [0.1, 0.15) is 56.0 Å². The van der Waals surface area contributed by atoms with Crippen molar-refractivity contribution in [3.8, 4) is 5.75 Å². The molecule has 0 spiro atoms. The minimum Gasteiger partial charge on any atom is -0.462 e. The van der Waals surface area contributed by atoms with Crippen LogP contribution in [0, 0.1) is 0 Å². The third-order valence-electron chi connectivity index (χ3n) is 5.58. The summed E-state index contributed by atoms with van der Waals surface area (Å²) in [7, 11) is 0. The van der Waals surface area contributed by atoms with E-state index in [1.807, 2.05) is 18.2 Å². The van der Waals surface area contributed by atoms with Gasteiger partial charge in [0.15, 0.2) is 0 Å². The van der Waals surface area contributed by atoms with E-state index in [2.05, 4.69) is 22.2 Å². The molecule has 0 saturated carbocycles. The molecule has 2 aromatic carbocycles. The molecule has 1 aromatic heterocycles. The Labute approximate surface area is 194 Å². The first-order valence-electron chi connectivity index (χ1n) is 10.7. The number of anilines is 1. The van der Waals surface area contributed by atoms with Crippen LogP contribution in [0.3, 0.4) is 0 Å². The first kappa shape index (κ1) is 22.9. The molecule has 172 valence electrons. The third-order valence-corrected chi connectivity index (χ3v) is 6.75. The quantitative estimate of drug-likeness (QED) is 0.426. The average molecular weight is 472 g/mol. The maximum atomic E-state index is 12.8. The number of benzene rings is 2. The van der Waals surface area contributed by atoms with Crippen LogP contribution >= 0.6 is 11.3 Å². The Balaban J connectivity index is 1.59. The Morgan fingerprint density at radius 3 is 2.52 bits per heavy atom. The summed E-state index contributed by atoms with van der Waals surface area (Å²) in [6.45, 7) is -0.965. The van der Waals surface area contributed by atoms with Crippen LogP contribution in [-0.4, -0.2) is 25.1 Å². The molecule has 1 N–H and O–H groups in total. The van der Waals surface area contributed by atoms with Crippen LogP contribution in [0.2, 0.25) is 0 Å². The second kappa shape index (κ2) is 10.1. The van der Waals surface area contributed by atoms with Crippen molar-refractivity contribution in [2.45, 2.75) is 38.7 Å². The van der Waals surface area contributed by atoms with E-state index in [1.165, 1.54) is 41.2 Å². The van der Waals surface area contributed by atoms with Crippen molar-refractivity contribution < 1.29 is 27.8 Å². The normalized spacial score (nSPS) is 15.1. The second-order valence-corrected chi connectivity index (χ2v) is 8.74. The minimum absolute atomic E-state index is 0.0349. The summed E-state index contributed by atoms with van der Waals surface area (Å²) in [5, 5.41) is 3.28. The molecule has 4 rings (SSSR count). The second-order valence-electron chi connectivity index (χ2n) is 7.64. The number of carbonyl (C=O) groups excluding carboxylic acids is 2. The topological polar surface area (TPSA) is 64.6 Å². The minimum atomic E-state index is -2.94. The molecule has 0 aliphatic heterocycles. The number of thiophene rings is 1. The van der Waals surface area contributed by atoms with Gasteiger partial charge in [0.1, 0.15) is 10.8 Å². The lowest BCUT2D eigenvalue weighted by atomic mass is 9.83. The largest absolute Gasteiger partial charge is 0.462 e. The molecular weight excluding hydrogens is 448 g/mol. The van der Waals surface area contributed by atoms with Crippen LogP contribution in [0.5, 0.6) is 5.75 Å². The lowest BCUT2D eigenvalue weighted by molar-refractivity contribution is -0.0498. The molecule has 5 nitrogen and oxygen atoms in total. The van der Waals surface area contributed by atoms with Crippen LogP contribution in [0.4, 0.5) is 13.8 Å². The van der Waals surface area contributed by atoms with Gasteiger partial charge in [-0.05, 0) is 67.5 Å². The van der Waals surface area contributed by atoms with Crippen molar-refractivity contribution in [2.24, 2.45) is 0 Å². The molecule has 1 heterocycles. The molecule has 1 amide bonds. The summed E-state index contributed by atoms with van der Waals surface area (Å²) in [6.07, 6.45) is 2.40. The molecule has 8 heteroatoms. The fraction of sp³-hybridized carbons (Fsp3) is 0.280. The van der Waals surface area contributed by atoms with Gasteiger partial charge in [-0.1, -0.05) is 30.3 Å². The van der Waals surface area contributed by atoms with Crippen LogP contribution < -0.4 is 10.1 Å². The van der Waals surface area contributed by atoms with Crippen molar-refractivity contribution >= 4 is 28.2 Å². The zero-order chi connectivity index (χ0) is 23.4. The number of nitrogens with one attached hydrogen (secondary N) is 1. The first-order valence-corrected chi connectivity index (χ1v) is 11.5. The number of alkyl halides is 2. The molecule has 0 bridgehead atoms. The number of rotatable bonds is 7. The Morgan fingerprint density at radius 1 is 1.12 bits per heavy atom. The van der Waals surface area contributed by atoms with E-state index < -0.39 is 18.5 Å². The van der Waals surface area contributed by atoms with Crippen molar-refractivity contribution in [1.29, 1.82) is 0 Å². The van der Waals surface area contributed by atoms with Gasteiger partial charge in [-0.2, -0.15) is 8.78 Å². The van der Waals surface area contributed by atoms with Gasteiger partial charge in [-0.3, -0.25) is 4.79 Å². The third kappa shape index (κ3) is 5.22. The maximum Gasteiger partial charge on any atom is 0.387 e. The number of esters is 1. The summed E-state index contributed by atoms with van der Waals surface area (Å²) in [5.41, 5.74) is 2.86. The lowest BCUT2D eigenvalue weighted by Gasteiger charge is -2.23. The number of carbonyl (C=O) groups is 2. The van der Waals surface area contributed by atoms with Gasteiger partial charge in [0.2, 0.25) is 0 Å². The van der Waals surface area contributed by atoms with E-state index in [4.69, 9.17) is 4.74 Å². The number of ether oxygens (including phenoxy) is 2. The van der Waals surface area contributed by atoms with Crippen molar-refractivity contribution in [3.63, 3.8) is 0 Å². The van der Waals surface area contributed by atoms with Crippen molar-refractivity contribution in [1.82, 2.24) is 0 Å². The Morgan fingerprint density at radius 2 is 1.85 bits per heavy atom. The molecule has 1 aliphatic rings. The standard InChI is InChI=1S/C25H23F2NO4S/c1-2-31-24(30)21-19-13-10-17(15-6-4-3-5-7-15)14-20(19)33-23(21)28-22(29)16-8-11-18(12-9-16)32-25(26)27/h3-9,11-12,17,25H,2,10,13-14H2,1H3,(H,28,29)/t17-/m0/s1. The number of amides is 1. The van der Waals surface area contributed by atoms with Crippen molar-refractivity contribution in [3.05, 3.63) is 81.7 Å². The predicted octanol–water partition coefficient (Wildman–Crippen LogP) is 6.05. The van der Waals surface area contributed by atoms with E-state index in [-0.39, 0.29) is 17.9 Å². The highest BCUT2D eigenvalue weighted by atomic mass is 32.1. The van der Waals surface area contributed by atoms with Crippen molar-refractivity contribution in [2.75, 3.05) is 11.9 Å². The van der Waals surface area contributed by atoms with Gasteiger partial charge in [0.05, 0.1) is 12.2 Å². The highest BCUT2D eigenvalue weighted by Gasteiger charge is 2.31. The number of hydrogen-bond acceptors (Lipinski definition) is 5. The molecule has 1 atom stereocenters. The zero-order valence-electron chi connectivity index (χ0n) is 18.0. The SMILES string of the molecule is CCOC(=O)c1c(NC(=O)c2ccc(OC(F)F)cc2)sc2c1CC[C@H](c1ccccc1)C2. The number of fused-ring (bicyclic) bond motifs is 1. The summed E-state index contributed by atoms with van der Waals surface area (Å²) in [5.74, 6) is -0.586. The van der Waals surface area contributed by atoms with Gasteiger partial charge in [0.25, 0.3) is 5.91 Å². The average Bonchev–Trinajstić information content (AvgIpc) is 3.17. The predicted molar refractivity (Wildman–Crippen MR) is 123 cm³/mol. The smallest absolute Gasteiger partial charge is 0.387 e. The van der Waals surface area contributed by atoms with E-state index in [1.54, 1.807) is 6.92 Å². The Bertz CT molecular complexity index is 1130. The molecule has 3 aromatic rings. The van der Waals surface area contributed by atoms with Crippen LogP contribution in [0.25, 0.3) is 0 Å². The summed E-state index contributed by atoms with van der Waals surface area (Å²) >= 11 is 1.39. The maximum absolute atomic E-state index is 12.8. The van der Waals surface area contributed by atoms with Gasteiger partial charge < -0.3 is 14.8 Å². The molecule has 0 fully saturated rings. The molecule has 33 heavy (non-hydrogen) atoms. The first-order chi connectivity index (χ1) is 16.0. The van der Waals surface area contributed by atoms with Crippen LogP contribution in [-0.2, 0) is 17.6 Å². The molecule has 0 unspecified atom stereocenters. The van der Waals surface area contributed by atoms with Gasteiger partial charge in [-0.15, -0.1) is 11.3 Å². The number of hydrogen-bond donors (Lipinski definition) is 1. The monoisotopic (exact) mass is 471 g/mol. The fourth-order valence-electron chi connectivity index (χ4n) is 4.07. The molecule has 0 radical (unpaired) electrons. The Kier molecular flexibility index (Phi) is 7.03. The van der Waals surface area contributed by atoms with Gasteiger partial charge >= 0.3 is 12.6 Å². The highest BCUT2D eigenvalue weighted by molar-refractivity contribution is 7.17. The molecule has 0 saturated heterocycles. The lowest BCUT2D eigenvalue weighted by Crippen LogP contribution is -2.17. The van der Waals surface area contributed by atoms with Gasteiger partial charge in [-0.25, -0.2) is 4.79 Å². The van der Waals surface area contributed by atoms with E-state index in [0.29, 0.717) is 16.5 Å². The van der Waals surface area contributed by atoms with E-state index in [9.17, 15) is 18.4 Å². The highest BCUT2D eigenvalue weighted by Crippen LogP contribution is 2.43. The summed E-state index contributed by atoms with van der Waals surface area (Å²) in [6, 6.07) is 15.7.